The third-order valence-corrected chi connectivity index (χ3v) is 4.20. The molecule has 0 aromatic heterocycles. The predicted octanol–water partition coefficient (Wildman–Crippen LogP) is 2.86. The lowest BCUT2D eigenvalue weighted by Gasteiger charge is -2.16. The summed E-state index contributed by atoms with van der Waals surface area (Å²) in [5, 5.41) is 5.49. The highest BCUT2D eigenvalue weighted by molar-refractivity contribution is 6.09. The monoisotopic (exact) mass is 341 g/mol. The Bertz CT molecular complexity index is 773. The molecule has 1 saturated heterocycles. The maximum atomic E-state index is 13.7. The van der Waals surface area contributed by atoms with Crippen LogP contribution >= 0.6 is 0 Å². The second kappa shape index (κ2) is 7.90. The number of amides is 2. The zero-order valence-corrected chi connectivity index (χ0v) is 13.8. The van der Waals surface area contributed by atoms with E-state index in [1.165, 1.54) is 18.2 Å². The molecule has 1 fully saturated rings. The summed E-state index contributed by atoms with van der Waals surface area (Å²) >= 11 is 0. The van der Waals surface area contributed by atoms with Crippen molar-refractivity contribution in [3.63, 3.8) is 0 Å². The summed E-state index contributed by atoms with van der Waals surface area (Å²) in [5.74, 6) is -1.45. The minimum Gasteiger partial charge on any atom is -0.339 e. The molecule has 6 heteroatoms. The Morgan fingerprint density at radius 2 is 1.56 bits per heavy atom. The molecular formula is C19H20FN3O2. The average molecular weight is 341 g/mol. The first kappa shape index (κ1) is 17.1. The van der Waals surface area contributed by atoms with Gasteiger partial charge in [0.15, 0.2) is 0 Å². The van der Waals surface area contributed by atoms with Gasteiger partial charge >= 0.3 is 0 Å². The molecule has 0 spiro atoms. The first-order valence-electron chi connectivity index (χ1n) is 8.30. The van der Waals surface area contributed by atoms with Crippen molar-refractivity contribution in [2.75, 3.05) is 25.1 Å². The highest BCUT2D eigenvalue weighted by Gasteiger charge is 2.17. The minimum atomic E-state index is -0.601. The summed E-state index contributed by atoms with van der Waals surface area (Å²) in [6.45, 7) is 2.44. The van der Waals surface area contributed by atoms with E-state index in [-0.39, 0.29) is 11.5 Å². The average Bonchev–Trinajstić information content (AvgIpc) is 3.14. The number of nitrogens with one attached hydrogen (secondary N) is 2. The summed E-state index contributed by atoms with van der Waals surface area (Å²) in [6, 6.07) is 12.4. The molecule has 2 amide bonds. The molecule has 0 bridgehead atoms. The van der Waals surface area contributed by atoms with Crippen molar-refractivity contribution in [2.45, 2.75) is 12.8 Å². The quantitative estimate of drug-likeness (QED) is 0.879. The number of carbonyl (C=O) groups excluding carboxylic acids is 2. The van der Waals surface area contributed by atoms with Crippen LogP contribution in [0, 0.1) is 5.82 Å². The van der Waals surface area contributed by atoms with Gasteiger partial charge in [0.25, 0.3) is 11.8 Å². The second-order valence-corrected chi connectivity index (χ2v) is 5.97. The highest BCUT2D eigenvalue weighted by Crippen LogP contribution is 2.17. The van der Waals surface area contributed by atoms with E-state index in [4.69, 9.17) is 0 Å². The van der Waals surface area contributed by atoms with Gasteiger partial charge in [-0.2, -0.15) is 0 Å². The summed E-state index contributed by atoms with van der Waals surface area (Å²) in [5.41, 5.74) is 0.649. The first-order chi connectivity index (χ1) is 12.1. The summed E-state index contributed by atoms with van der Waals surface area (Å²) < 4.78 is 13.7. The summed E-state index contributed by atoms with van der Waals surface area (Å²) in [7, 11) is 0. The van der Waals surface area contributed by atoms with Gasteiger partial charge in [0.2, 0.25) is 0 Å². The molecule has 0 saturated carbocycles. The molecule has 2 N–H and O–H groups in total. The predicted molar refractivity (Wildman–Crippen MR) is 93.9 cm³/mol. The van der Waals surface area contributed by atoms with Crippen molar-refractivity contribution in [3.8, 4) is 0 Å². The van der Waals surface area contributed by atoms with Gasteiger partial charge in [0.1, 0.15) is 5.82 Å². The number of halogens is 1. The largest absolute Gasteiger partial charge is 0.339 e. The fourth-order valence-corrected chi connectivity index (χ4v) is 2.84. The van der Waals surface area contributed by atoms with Crippen LogP contribution in [0.1, 0.15) is 33.6 Å². The van der Waals surface area contributed by atoms with Gasteiger partial charge in [-0.15, -0.1) is 0 Å². The highest BCUT2D eigenvalue weighted by atomic mass is 19.1. The molecule has 2 aromatic rings. The van der Waals surface area contributed by atoms with Crippen LogP contribution in [0.5, 0.6) is 0 Å². The Balaban J connectivity index is 1.71. The molecule has 0 atom stereocenters. The molecule has 2 aromatic carbocycles. The topological polar surface area (TPSA) is 61.4 Å². The number of rotatable bonds is 5. The van der Waals surface area contributed by atoms with E-state index in [1.807, 2.05) is 0 Å². The van der Waals surface area contributed by atoms with Gasteiger partial charge in [0, 0.05) is 0 Å². The Hall–Kier alpha value is -2.73. The van der Waals surface area contributed by atoms with Gasteiger partial charge in [-0.25, -0.2) is 4.39 Å². The zero-order chi connectivity index (χ0) is 17.6. The van der Waals surface area contributed by atoms with Crippen LogP contribution < -0.4 is 10.6 Å². The van der Waals surface area contributed by atoms with Crippen LogP contribution in [0.3, 0.4) is 0 Å². The number of nitrogens with zero attached hydrogens (tertiary/aromatic N) is 1. The third-order valence-electron chi connectivity index (χ3n) is 4.20. The number of benzene rings is 2. The maximum absolute atomic E-state index is 13.7. The minimum absolute atomic E-state index is 0.0604. The number of hydrogen-bond donors (Lipinski definition) is 2. The normalized spacial score (nSPS) is 14.3. The van der Waals surface area contributed by atoms with Crippen LogP contribution in [-0.4, -0.2) is 36.5 Å². The van der Waals surface area contributed by atoms with E-state index in [0.29, 0.717) is 17.9 Å². The summed E-state index contributed by atoms with van der Waals surface area (Å²) in [6.07, 6.45) is 2.29. The standard InChI is InChI=1S/C19H20FN3O2/c20-16-9-3-1-7-14(16)19(25)22-17-10-4-2-8-15(17)18(24)21-13-23-11-5-6-12-23/h1-4,7-10H,5-6,11-13H2,(H,21,24)(H,22,25). The van der Waals surface area contributed by atoms with Gasteiger partial charge < -0.3 is 10.6 Å². The summed E-state index contributed by atoms with van der Waals surface area (Å²) in [4.78, 5) is 26.9. The number of para-hydroxylation sites is 1. The molecule has 0 radical (unpaired) electrons. The van der Waals surface area contributed by atoms with Crippen molar-refractivity contribution in [2.24, 2.45) is 0 Å². The smallest absolute Gasteiger partial charge is 0.258 e. The molecule has 5 nitrogen and oxygen atoms in total. The van der Waals surface area contributed by atoms with Crippen molar-refractivity contribution < 1.29 is 14.0 Å². The van der Waals surface area contributed by atoms with E-state index < -0.39 is 11.7 Å². The molecular weight excluding hydrogens is 321 g/mol. The molecule has 3 rings (SSSR count). The second-order valence-electron chi connectivity index (χ2n) is 5.97. The maximum Gasteiger partial charge on any atom is 0.258 e. The number of carbonyl (C=O) groups is 2. The Morgan fingerprint density at radius 3 is 2.28 bits per heavy atom. The van der Waals surface area contributed by atoms with Crippen molar-refractivity contribution in [1.29, 1.82) is 0 Å². The lowest BCUT2D eigenvalue weighted by Crippen LogP contribution is -2.36. The van der Waals surface area contributed by atoms with Crippen LogP contribution in [0.15, 0.2) is 48.5 Å². The Kier molecular flexibility index (Phi) is 5.40. The lowest BCUT2D eigenvalue weighted by molar-refractivity contribution is 0.0930. The van der Waals surface area contributed by atoms with Crippen molar-refractivity contribution in [3.05, 3.63) is 65.5 Å². The van der Waals surface area contributed by atoms with Gasteiger partial charge in [-0.05, 0) is 50.2 Å². The van der Waals surface area contributed by atoms with E-state index in [1.54, 1.807) is 30.3 Å². The molecule has 0 aliphatic carbocycles. The molecule has 130 valence electrons. The molecule has 25 heavy (non-hydrogen) atoms. The van der Waals surface area contributed by atoms with Gasteiger partial charge in [-0.1, -0.05) is 24.3 Å². The fraction of sp³-hybridized carbons (Fsp3) is 0.263. The van der Waals surface area contributed by atoms with E-state index >= 15 is 0 Å². The molecule has 1 aliphatic rings. The molecule has 1 heterocycles. The van der Waals surface area contributed by atoms with Crippen molar-refractivity contribution >= 4 is 17.5 Å². The van der Waals surface area contributed by atoms with Crippen LogP contribution in [0.25, 0.3) is 0 Å². The van der Waals surface area contributed by atoms with Crippen LogP contribution in [0.4, 0.5) is 10.1 Å². The van der Waals surface area contributed by atoms with Gasteiger partial charge in [-0.3, -0.25) is 14.5 Å². The van der Waals surface area contributed by atoms with Gasteiger partial charge in [0.05, 0.1) is 23.5 Å². The zero-order valence-electron chi connectivity index (χ0n) is 13.8. The fourth-order valence-electron chi connectivity index (χ4n) is 2.84. The Labute approximate surface area is 145 Å². The van der Waals surface area contributed by atoms with Crippen LogP contribution in [-0.2, 0) is 0 Å². The lowest BCUT2D eigenvalue weighted by atomic mass is 10.1. The number of likely N-dealkylation sites (tertiary alicyclic amines) is 1. The molecule has 0 unspecified atom stereocenters. The number of hydrogen-bond acceptors (Lipinski definition) is 3. The SMILES string of the molecule is O=C(Nc1ccccc1C(=O)NCN1CCCC1)c1ccccc1F. The first-order valence-corrected chi connectivity index (χ1v) is 8.30. The van der Waals surface area contributed by atoms with E-state index in [2.05, 4.69) is 15.5 Å². The van der Waals surface area contributed by atoms with E-state index in [0.717, 1.165) is 25.9 Å². The molecule has 1 aliphatic heterocycles. The van der Waals surface area contributed by atoms with Crippen molar-refractivity contribution in [1.82, 2.24) is 10.2 Å². The Morgan fingerprint density at radius 1 is 0.920 bits per heavy atom. The third kappa shape index (κ3) is 4.22. The number of anilines is 1. The van der Waals surface area contributed by atoms with Crippen LogP contribution in [0.2, 0.25) is 0 Å². The van der Waals surface area contributed by atoms with E-state index in [9.17, 15) is 14.0 Å².